The number of carbonyl (C=O) groups is 2. The highest BCUT2D eigenvalue weighted by molar-refractivity contribution is 5.79. The third-order valence-electron chi connectivity index (χ3n) is 3.57. The molecule has 2 unspecified atom stereocenters. The molecule has 5 heteroatoms. The Morgan fingerprint density at radius 2 is 2.18 bits per heavy atom. The number of carboxylic acids is 1. The van der Waals surface area contributed by atoms with Crippen LogP contribution in [0.4, 0.5) is 4.79 Å². The Labute approximate surface area is 102 Å². The Hall–Kier alpha value is -1.26. The number of hydrogen-bond acceptors (Lipinski definition) is 2. The number of unbranched alkanes of at least 4 members (excludes halogenated alkanes) is 1. The molecule has 0 bridgehead atoms. The van der Waals surface area contributed by atoms with Crippen LogP contribution < -0.4 is 10.6 Å². The van der Waals surface area contributed by atoms with Gasteiger partial charge in [-0.1, -0.05) is 19.8 Å². The highest BCUT2D eigenvalue weighted by Gasteiger charge is 2.45. The van der Waals surface area contributed by atoms with E-state index >= 15 is 0 Å². The van der Waals surface area contributed by atoms with Crippen LogP contribution in [0.25, 0.3) is 0 Å². The predicted octanol–water partition coefficient (Wildman–Crippen LogP) is 1.73. The van der Waals surface area contributed by atoms with Crippen molar-refractivity contribution >= 4 is 12.0 Å². The lowest BCUT2D eigenvalue weighted by Crippen LogP contribution is -2.50. The lowest BCUT2D eigenvalue weighted by atomic mass is 9.85. The first-order chi connectivity index (χ1) is 8.00. The normalized spacial score (nSPS) is 27.8. The van der Waals surface area contributed by atoms with Crippen LogP contribution in [0.15, 0.2) is 0 Å². The molecule has 0 saturated heterocycles. The molecule has 1 rings (SSSR count). The molecule has 0 heterocycles. The first kappa shape index (κ1) is 13.8. The summed E-state index contributed by atoms with van der Waals surface area (Å²) in [4.78, 5) is 22.8. The number of urea groups is 1. The van der Waals surface area contributed by atoms with Gasteiger partial charge in [-0.2, -0.15) is 0 Å². The molecular formula is C12H22N2O3. The fourth-order valence-electron chi connectivity index (χ4n) is 2.24. The standard InChI is InChI=1S/C12H22N2O3/c1-3-4-8-13-11(17)14-9-6-5-7-12(9,2)10(15)16/h9H,3-8H2,1-2H3,(H,15,16)(H2,13,14,17). The maximum absolute atomic E-state index is 11.6. The van der Waals surface area contributed by atoms with Crippen LogP contribution in [-0.2, 0) is 4.79 Å². The van der Waals surface area contributed by atoms with E-state index < -0.39 is 11.4 Å². The van der Waals surface area contributed by atoms with Crippen LogP contribution in [-0.4, -0.2) is 29.7 Å². The minimum absolute atomic E-state index is 0.252. The van der Waals surface area contributed by atoms with Gasteiger partial charge in [0.1, 0.15) is 0 Å². The second-order valence-corrected chi connectivity index (χ2v) is 4.92. The second kappa shape index (κ2) is 5.89. The zero-order chi connectivity index (χ0) is 12.9. The van der Waals surface area contributed by atoms with Gasteiger partial charge >= 0.3 is 12.0 Å². The number of hydrogen-bond donors (Lipinski definition) is 3. The van der Waals surface area contributed by atoms with Crippen LogP contribution in [0, 0.1) is 5.41 Å². The van der Waals surface area contributed by atoms with Crippen LogP contribution in [0.1, 0.15) is 46.0 Å². The highest BCUT2D eigenvalue weighted by atomic mass is 16.4. The molecule has 1 aliphatic carbocycles. The van der Waals surface area contributed by atoms with Gasteiger partial charge in [0.15, 0.2) is 0 Å². The van der Waals surface area contributed by atoms with Crippen molar-refractivity contribution < 1.29 is 14.7 Å². The molecular weight excluding hydrogens is 220 g/mol. The summed E-state index contributed by atoms with van der Waals surface area (Å²) in [7, 11) is 0. The molecule has 3 N–H and O–H groups in total. The monoisotopic (exact) mass is 242 g/mol. The van der Waals surface area contributed by atoms with Gasteiger partial charge in [-0.15, -0.1) is 0 Å². The molecule has 0 aromatic carbocycles. The smallest absolute Gasteiger partial charge is 0.315 e. The van der Waals surface area contributed by atoms with E-state index in [9.17, 15) is 14.7 Å². The molecule has 1 fully saturated rings. The molecule has 0 aromatic rings. The molecule has 0 aliphatic heterocycles. The average molecular weight is 242 g/mol. The van der Waals surface area contributed by atoms with E-state index in [1.54, 1.807) is 6.92 Å². The Morgan fingerprint density at radius 1 is 1.47 bits per heavy atom. The summed E-state index contributed by atoms with van der Waals surface area (Å²) >= 11 is 0. The van der Waals surface area contributed by atoms with Crippen LogP contribution in [0.5, 0.6) is 0 Å². The summed E-state index contributed by atoms with van der Waals surface area (Å²) in [5, 5.41) is 14.7. The van der Waals surface area contributed by atoms with Gasteiger partial charge in [0.2, 0.25) is 0 Å². The second-order valence-electron chi connectivity index (χ2n) is 4.92. The van der Waals surface area contributed by atoms with Crippen LogP contribution in [0.2, 0.25) is 0 Å². The third-order valence-corrected chi connectivity index (χ3v) is 3.57. The Balaban J connectivity index is 2.45. The van der Waals surface area contributed by atoms with Crippen molar-refractivity contribution in [2.45, 2.75) is 52.0 Å². The van der Waals surface area contributed by atoms with Crippen LogP contribution >= 0.6 is 0 Å². The first-order valence-electron chi connectivity index (χ1n) is 6.28. The van der Waals surface area contributed by atoms with Crippen molar-refractivity contribution in [2.75, 3.05) is 6.54 Å². The van der Waals surface area contributed by atoms with E-state index in [0.29, 0.717) is 13.0 Å². The van der Waals surface area contributed by atoms with Gasteiger partial charge in [-0.3, -0.25) is 4.79 Å². The van der Waals surface area contributed by atoms with Crippen molar-refractivity contribution in [3.05, 3.63) is 0 Å². The number of carbonyl (C=O) groups excluding carboxylic acids is 1. The third kappa shape index (κ3) is 3.35. The molecule has 2 atom stereocenters. The zero-order valence-electron chi connectivity index (χ0n) is 10.6. The summed E-state index contributed by atoms with van der Waals surface area (Å²) in [6.45, 7) is 4.40. The van der Waals surface area contributed by atoms with Crippen LogP contribution in [0.3, 0.4) is 0 Å². The molecule has 0 aromatic heterocycles. The first-order valence-corrected chi connectivity index (χ1v) is 6.28. The van der Waals surface area contributed by atoms with E-state index in [2.05, 4.69) is 17.6 Å². The zero-order valence-corrected chi connectivity index (χ0v) is 10.6. The molecule has 1 aliphatic rings. The predicted molar refractivity (Wildman–Crippen MR) is 64.8 cm³/mol. The minimum Gasteiger partial charge on any atom is -0.481 e. The van der Waals surface area contributed by atoms with Crippen molar-refractivity contribution in [1.29, 1.82) is 0 Å². The molecule has 0 spiro atoms. The summed E-state index contributed by atoms with van der Waals surface area (Å²) < 4.78 is 0. The summed E-state index contributed by atoms with van der Waals surface area (Å²) in [6.07, 6.45) is 4.18. The van der Waals surface area contributed by atoms with Gasteiger partial charge in [-0.05, 0) is 26.2 Å². The Morgan fingerprint density at radius 3 is 2.76 bits per heavy atom. The number of nitrogens with one attached hydrogen (secondary N) is 2. The molecule has 17 heavy (non-hydrogen) atoms. The fraction of sp³-hybridized carbons (Fsp3) is 0.833. The number of rotatable bonds is 5. The summed E-state index contributed by atoms with van der Waals surface area (Å²) in [5.41, 5.74) is -0.817. The van der Waals surface area contributed by atoms with Crippen molar-refractivity contribution in [1.82, 2.24) is 10.6 Å². The van der Waals surface area contributed by atoms with E-state index in [1.165, 1.54) is 0 Å². The molecule has 2 amide bonds. The van der Waals surface area contributed by atoms with Gasteiger partial charge in [0.25, 0.3) is 0 Å². The lowest BCUT2D eigenvalue weighted by Gasteiger charge is -2.27. The molecule has 0 radical (unpaired) electrons. The van der Waals surface area contributed by atoms with E-state index in [-0.39, 0.29) is 12.1 Å². The Kier molecular flexibility index (Phi) is 4.78. The number of amides is 2. The average Bonchev–Trinajstić information content (AvgIpc) is 2.62. The summed E-state index contributed by atoms with van der Waals surface area (Å²) in [5.74, 6) is -0.825. The van der Waals surface area contributed by atoms with Crippen molar-refractivity contribution in [3.63, 3.8) is 0 Å². The van der Waals surface area contributed by atoms with Crippen molar-refractivity contribution in [3.8, 4) is 0 Å². The number of aliphatic carboxylic acids is 1. The van der Waals surface area contributed by atoms with Gasteiger partial charge in [0, 0.05) is 12.6 Å². The van der Waals surface area contributed by atoms with Gasteiger partial charge < -0.3 is 15.7 Å². The maximum Gasteiger partial charge on any atom is 0.315 e. The van der Waals surface area contributed by atoms with E-state index in [0.717, 1.165) is 25.7 Å². The number of carboxylic acid groups (broad SMARTS) is 1. The fourth-order valence-corrected chi connectivity index (χ4v) is 2.24. The lowest BCUT2D eigenvalue weighted by molar-refractivity contribution is -0.148. The van der Waals surface area contributed by atoms with E-state index in [1.807, 2.05) is 0 Å². The van der Waals surface area contributed by atoms with Crippen molar-refractivity contribution in [2.24, 2.45) is 5.41 Å². The minimum atomic E-state index is -0.825. The molecule has 1 saturated carbocycles. The summed E-state index contributed by atoms with van der Waals surface area (Å²) in [6, 6.07) is -0.514. The molecule has 98 valence electrons. The SMILES string of the molecule is CCCCNC(=O)NC1CCCC1(C)C(=O)O. The Bertz CT molecular complexity index is 293. The van der Waals surface area contributed by atoms with E-state index in [4.69, 9.17) is 0 Å². The highest BCUT2D eigenvalue weighted by Crippen LogP contribution is 2.38. The van der Waals surface area contributed by atoms with Gasteiger partial charge in [0.05, 0.1) is 5.41 Å². The largest absolute Gasteiger partial charge is 0.481 e. The topological polar surface area (TPSA) is 78.4 Å². The van der Waals surface area contributed by atoms with Gasteiger partial charge in [-0.25, -0.2) is 4.79 Å². The quantitative estimate of drug-likeness (QED) is 0.642. The molecule has 5 nitrogen and oxygen atoms in total. The maximum atomic E-state index is 11.6.